The molecule has 0 bridgehead atoms. The van der Waals surface area contributed by atoms with Crippen molar-refractivity contribution in [3.63, 3.8) is 0 Å². The van der Waals surface area contributed by atoms with E-state index < -0.39 is 6.10 Å². The van der Waals surface area contributed by atoms with Gasteiger partial charge >= 0.3 is 0 Å². The summed E-state index contributed by atoms with van der Waals surface area (Å²) >= 11 is 0. The molecule has 3 unspecified atom stereocenters. The van der Waals surface area contributed by atoms with Gasteiger partial charge in [0, 0.05) is 5.92 Å². The third kappa shape index (κ3) is 1.88. The van der Waals surface area contributed by atoms with Crippen LogP contribution in [0.4, 0.5) is 0 Å². The number of hydrogen-bond acceptors (Lipinski definition) is 3. The van der Waals surface area contributed by atoms with Gasteiger partial charge in [-0.3, -0.25) is 4.79 Å². The number of aliphatic hydroxyl groups is 1. The summed E-state index contributed by atoms with van der Waals surface area (Å²) in [5.41, 5.74) is 0. The summed E-state index contributed by atoms with van der Waals surface area (Å²) in [6.45, 7) is 5.74. The Morgan fingerprint density at radius 3 is 2.82 bits per heavy atom. The molecule has 0 aromatic heterocycles. The fourth-order valence-electron chi connectivity index (χ4n) is 0.942. The molecule has 3 heteroatoms. The van der Waals surface area contributed by atoms with E-state index in [0.717, 1.165) is 6.08 Å². The van der Waals surface area contributed by atoms with E-state index in [0.29, 0.717) is 6.61 Å². The van der Waals surface area contributed by atoms with Gasteiger partial charge in [0.25, 0.3) is 0 Å². The van der Waals surface area contributed by atoms with Crippen LogP contribution in [0.15, 0.2) is 12.7 Å². The van der Waals surface area contributed by atoms with Crippen LogP contribution in [0.2, 0.25) is 0 Å². The third-order valence-electron chi connectivity index (χ3n) is 1.94. The Labute approximate surface area is 65.7 Å². The van der Waals surface area contributed by atoms with Crippen LogP contribution in [0.5, 0.6) is 0 Å². The lowest BCUT2D eigenvalue weighted by atomic mass is 9.98. The molecule has 62 valence electrons. The molecule has 1 aliphatic rings. The fourth-order valence-corrected chi connectivity index (χ4v) is 0.942. The monoisotopic (exact) mass is 156 g/mol. The number of carbonyl (C=O) groups is 1. The van der Waals surface area contributed by atoms with Crippen LogP contribution in [-0.2, 0) is 9.53 Å². The van der Waals surface area contributed by atoms with Crippen molar-refractivity contribution >= 4 is 5.78 Å². The van der Waals surface area contributed by atoms with E-state index >= 15 is 0 Å². The lowest BCUT2D eigenvalue weighted by Gasteiger charge is -2.12. The van der Waals surface area contributed by atoms with Crippen LogP contribution < -0.4 is 0 Å². The van der Waals surface area contributed by atoms with Crippen LogP contribution >= 0.6 is 0 Å². The predicted molar refractivity (Wildman–Crippen MR) is 40.1 cm³/mol. The molecule has 0 spiro atoms. The smallest absolute Gasteiger partial charge is 0.183 e. The molecule has 0 aromatic carbocycles. The summed E-state index contributed by atoms with van der Waals surface area (Å²) < 4.78 is 4.94. The molecular weight excluding hydrogens is 144 g/mol. The van der Waals surface area contributed by atoms with Gasteiger partial charge in [-0.25, -0.2) is 0 Å². The Hall–Kier alpha value is -0.670. The van der Waals surface area contributed by atoms with Gasteiger partial charge in [0.1, 0.15) is 6.10 Å². The highest BCUT2D eigenvalue weighted by atomic mass is 16.6. The van der Waals surface area contributed by atoms with E-state index in [2.05, 4.69) is 6.58 Å². The molecule has 1 N–H and O–H groups in total. The zero-order chi connectivity index (χ0) is 8.43. The maximum absolute atomic E-state index is 10.9. The second kappa shape index (κ2) is 3.15. The van der Waals surface area contributed by atoms with Crippen molar-refractivity contribution in [3.8, 4) is 0 Å². The largest absolute Gasteiger partial charge is 0.385 e. The van der Waals surface area contributed by atoms with Crippen LogP contribution in [0.1, 0.15) is 6.92 Å². The lowest BCUT2D eigenvalue weighted by molar-refractivity contribution is -0.124. The molecule has 0 amide bonds. The van der Waals surface area contributed by atoms with Crippen molar-refractivity contribution in [2.45, 2.75) is 19.1 Å². The van der Waals surface area contributed by atoms with E-state index in [9.17, 15) is 9.90 Å². The summed E-state index contributed by atoms with van der Waals surface area (Å²) in [5, 5.41) is 9.30. The summed E-state index contributed by atoms with van der Waals surface area (Å²) in [7, 11) is 0. The highest BCUT2D eigenvalue weighted by molar-refractivity contribution is 5.93. The van der Waals surface area contributed by atoms with Crippen molar-refractivity contribution in [1.82, 2.24) is 0 Å². The molecular formula is C8H12O3. The van der Waals surface area contributed by atoms with Gasteiger partial charge < -0.3 is 9.84 Å². The highest BCUT2D eigenvalue weighted by Crippen LogP contribution is 2.23. The zero-order valence-electron chi connectivity index (χ0n) is 6.49. The topological polar surface area (TPSA) is 49.8 Å². The van der Waals surface area contributed by atoms with Crippen LogP contribution in [0.25, 0.3) is 0 Å². The predicted octanol–water partition coefficient (Wildman–Crippen LogP) is 0.137. The molecule has 3 nitrogen and oxygen atoms in total. The summed E-state index contributed by atoms with van der Waals surface area (Å²) in [6, 6.07) is 0. The highest BCUT2D eigenvalue weighted by Gasteiger charge is 2.36. The fraction of sp³-hybridized carbons (Fsp3) is 0.625. The van der Waals surface area contributed by atoms with Gasteiger partial charge in [0.15, 0.2) is 5.78 Å². The van der Waals surface area contributed by atoms with Crippen molar-refractivity contribution in [2.75, 3.05) is 6.61 Å². The molecule has 0 aromatic rings. The second-order valence-electron chi connectivity index (χ2n) is 2.78. The Balaban J connectivity index is 2.44. The van der Waals surface area contributed by atoms with Crippen molar-refractivity contribution in [1.29, 1.82) is 0 Å². The first-order valence-electron chi connectivity index (χ1n) is 3.62. The van der Waals surface area contributed by atoms with Gasteiger partial charge in [-0.05, 0) is 6.08 Å². The van der Waals surface area contributed by atoms with Gasteiger partial charge in [0.2, 0.25) is 0 Å². The van der Waals surface area contributed by atoms with Gasteiger partial charge in [0.05, 0.1) is 12.7 Å². The first-order chi connectivity index (χ1) is 5.16. The van der Waals surface area contributed by atoms with Gasteiger partial charge in [-0.1, -0.05) is 13.5 Å². The van der Waals surface area contributed by atoms with E-state index in [1.54, 1.807) is 6.92 Å². The van der Waals surface area contributed by atoms with Gasteiger partial charge in [-0.2, -0.15) is 0 Å². The zero-order valence-corrected chi connectivity index (χ0v) is 6.49. The average Bonchev–Trinajstić information content (AvgIpc) is 2.82. The van der Waals surface area contributed by atoms with Gasteiger partial charge in [-0.15, -0.1) is 0 Å². The maximum atomic E-state index is 10.9. The van der Waals surface area contributed by atoms with Crippen molar-refractivity contribution in [3.05, 3.63) is 12.7 Å². The molecule has 0 saturated carbocycles. The van der Waals surface area contributed by atoms with Crippen LogP contribution in [0, 0.1) is 5.92 Å². The molecule has 1 aliphatic heterocycles. The third-order valence-corrected chi connectivity index (χ3v) is 1.94. The number of epoxide rings is 1. The maximum Gasteiger partial charge on any atom is 0.183 e. The average molecular weight is 156 g/mol. The van der Waals surface area contributed by atoms with E-state index in [1.165, 1.54) is 0 Å². The lowest BCUT2D eigenvalue weighted by Crippen LogP contribution is -2.29. The Morgan fingerprint density at radius 1 is 1.91 bits per heavy atom. The number of aliphatic hydroxyl groups excluding tert-OH is 1. The quantitative estimate of drug-likeness (QED) is 0.465. The van der Waals surface area contributed by atoms with E-state index in [4.69, 9.17) is 4.74 Å². The summed E-state index contributed by atoms with van der Waals surface area (Å²) in [6.07, 6.45) is 0.262. The van der Waals surface area contributed by atoms with Crippen molar-refractivity contribution < 1.29 is 14.6 Å². The molecule has 0 radical (unpaired) electrons. The first kappa shape index (κ1) is 8.43. The number of ether oxygens (including phenoxy) is 1. The molecule has 3 atom stereocenters. The minimum Gasteiger partial charge on any atom is -0.385 e. The number of carbonyl (C=O) groups excluding carboxylic acids is 1. The van der Waals surface area contributed by atoms with E-state index in [-0.39, 0.29) is 17.8 Å². The molecule has 1 heterocycles. The standard InChI is InChI=1S/C8H12O3/c1-3-6(9)8(10)5(2)7-4-11-7/h3,5,7-8,10H,1,4H2,2H3. The minimum atomic E-state index is -0.944. The van der Waals surface area contributed by atoms with Crippen molar-refractivity contribution in [2.24, 2.45) is 5.92 Å². The second-order valence-corrected chi connectivity index (χ2v) is 2.78. The molecule has 0 aliphatic carbocycles. The molecule has 1 rings (SSSR count). The summed E-state index contributed by atoms with van der Waals surface area (Å²) in [5.74, 6) is -0.437. The Morgan fingerprint density at radius 2 is 2.45 bits per heavy atom. The number of hydrogen-bond donors (Lipinski definition) is 1. The molecule has 1 saturated heterocycles. The molecule has 11 heavy (non-hydrogen) atoms. The Kier molecular flexibility index (Phi) is 2.42. The normalized spacial score (nSPS) is 27.3. The Bertz CT molecular complexity index is 172. The molecule has 1 fully saturated rings. The first-order valence-corrected chi connectivity index (χ1v) is 3.62. The minimum absolute atomic E-state index is 0.0638. The van der Waals surface area contributed by atoms with E-state index in [1.807, 2.05) is 0 Å². The SMILES string of the molecule is C=CC(=O)C(O)C(C)C1CO1. The number of rotatable bonds is 4. The van der Waals surface area contributed by atoms with Crippen LogP contribution in [0.3, 0.4) is 0 Å². The van der Waals surface area contributed by atoms with Crippen LogP contribution in [-0.4, -0.2) is 29.7 Å². The summed E-state index contributed by atoms with van der Waals surface area (Å²) in [4.78, 5) is 10.9. The number of ketones is 1.